The van der Waals surface area contributed by atoms with Gasteiger partial charge in [0.1, 0.15) is 17.4 Å². The van der Waals surface area contributed by atoms with Gasteiger partial charge in [-0.25, -0.2) is 0 Å². The van der Waals surface area contributed by atoms with E-state index in [0.29, 0.717) is 28.9 Å². The minimum atomic E-state index is 0.429. The minimum absolute atomic E-state index is 0.429. The lowest BCUT2D eigenvalue weighted by atomic mass is 10.1. The van der Waals surface area contributed by atoms with Crippen LogP contribution in [0, 0.1) is 17.2 Å². The van der Waals surface area contributed by atoms with Gasteiger partial charge in [-0.2, -0.15) is 5.26 Å². The molecule has 1 N–H and O–H groups in total. The Morgan fingerprint density at radius 3 is 3.12 bits per heavy atom. The van der Waals surface area contributed by atoms with E-state index in [1.807, 2.05) is 0 Å². The molecule has 0 radical (unpaired) electrons. The molecule has 2 rings (SSSR count). The van der Waals surface area contributed by atoms with Gasteiger partial charge in [0.2, 0.25) is 0 Å². The van der Waals surface area contributed by atoms with Crippen molar-refractivity contribution < 1.29 is 4.74 Å². The van der Waals surface area contributed by atoms with Gasteiger partial charge in [-0.05, 0) is 44.0 Å². The molecule has 4 heteroatoms. The summed E-state index contributed by atoms with van der Waals surface area (Å²) in [6.45, 7) is 2.82. The fourth-order valence-corrected chi connectivity index (χ4v) is 2.24. The van der Waals surface area contributed by atoms with Crippen LogP contribution in [0.3, 0.4) is 0 Å². The number of benzene rings is 1. The zero-order valence-corrected chi connectivity index (χ0v) is 10.3. The molecule has 1 saturated heterocycles. The first-order valence-electron chi connectivity index (χ1n) is 5.83. The van der Waals surface area contributed by atoms with Gasteiger partial charge in [-0.1, -0.05) is 17.7 Å². The molecule has 1 aliphatic rings. The molecule has 1 aliphatic heterocycles. The van der Waals surface area contributed by atoms with Crippen LogP contribution >= 0.6 is 11.6 Å². The Labute approximate surface area is 106 Å². The second-order valence-electron chi connectivity index (χ2n) is 4.22. The molecule has 90 valence electrons. The average Bonchev–Trinajstić information content (AvgIpc) is 2.82. The number of halogens is 1. The van der Waals surface area contributed by atoms with Crippen molar-refractivity contribution in [3.8, 4) is 11.8 Å². The quantitative estimate of drug-likeness (QED) is 0.893. The normalized spacial score (nSPS) is 18.9. The molecule has 0 amide bonds. The van der Waals surface area contributed by atoms with E-state index in [0.717, 1.165) is 19.5 Å². The van der Waals surface area contributed by atoms with Crippen LogP contribution in [0.2, 0.25) is 5.02 Å². The lowest BCUT2D eigenvalue weighted by Gasteiger charge is -2.11. The summed E-state index contributed by atoms with van der Waals surface area (Å²) in [5.74, 6) is 1.28. The molecule has 0 aliphatic carbocycles. The first-order chi connectivity index (χ1) is 8.31. The standard InChI is InChI=1S/C13H15ClN2O/c14-12-2-1-3-13(11(12)8-15)17-7-5-10-4-6-16-9-10/h1-3,10,16H,4-7,9H2. The van der Waals surface area contributed by atoms with Crippen molar-refractivity contribution in [2.75, 3.05) is 19.7 Å². The molecule has 0 saturated carbocycles. The van der Waals surface area contributed by atoms with Crippen molar-refractivity contribution in [1.82, 2.24) is 5.32 Å². The third-order valence-corrected chi connectivity index (χ3v) is 3.35. The third-order valence-electron chi connectivity index (χ3n) is 3.03. The molecule has 1 fully saturated rings. The van der Waals surface area contributed by atoms with Crippen molar-refractivity contribution in [2.24, 2.45) is 5.92 Å². The number of rotatable bonds is 4. The van der Waals surface area contributed by atoms with Crippen LogP contribution in [0.25, 0.3) is 0 Å². The molecule has 1 atom stereocenters. The van der Waals surface area contributed by atoms with E-state index in [1.54, 1.807) is 18.2 Å². The van der Waals surface area contributed by atoms with Crippen molar-refractivity contribution in [1.29, 1.82) is 5.26 Å². The van der Waals surface area contributed by atoms with Gasteiger partial charge < -0.3 is 10.1 Å². The van der Waals surface area contributed by atoms with Gasteiger partial charge in [0.15, 0.2) is 0 Å². The number of ether oxygens (including phenoxy) is 1. The third kappa shape index (κ3) is 3.12. The Balaban J connectivity index is 1.90. The highest BCUT2D eigenvalue weighted by atomic mass is 35.5. The number of nitrogens with zero attached hydrogens (tertiary/aromatic N) is 1. The lowest BCUT2D eigenvalue weighted by molar-refractivity contribution is 0.283. The largest absolute Gasteiger partial charge is 0.492 e. The molecule has 3 nitrogen and oxygen atoms in total. The predicted octanol–water partition coefficient (Wildman–Crippen LogP) is 2.59. The number of nitrogens with one attached hydrogen (secondary N) is 1. The maximum Gasteiger partial charge on any atom is 0.138 e. The summed E-state index contributed by atoms with van der Waals surface area (Å²) >= 11 is 5.92. The monoisotopic (exact) mass is 250 g/mol. The molecule has 1 heterocycles. The second-order valence-corrected chi connectivity index (χ2v) is 4.63. The Bertz CT molecular complexity index is 422. The van der Waals surface area contributed by atoms with Gasteiger partial charge in [-0.3, -0.25) is 0 Å². The lowest BCUT2D eigenvalue weighted by Crippen LogP contribution is -2.11. The van der Waals surface area contributed by atoms with Crippen LogP contribution in [-0.2, 0) is 0 Å². The van der Waals surface area contributed by atoms with Gasteiger partial charge in [0.25, 0.3) is 0 Å². The average molecular weight is 251 g/mol. The molecule has 1 aromatic carbocycles. The Morgan fingerprint density at radius 2 is 2.41 bits per heavy atom. The molecule has 0 spiro atoms. The number of hydrogen-bond acceptors (Lipinski definition) is 3. The van der Waals surface area contributed by atoms with E-state index in [1.165, 1.54) is 6.42 Å². The van der Waals surface area contributed by atoms with Crippen LogP contribution in [0.15, 0.2) is 18.2 Å². The summed E-state index contributed by atoms with van der Waals surface area (Å²) < 4.78 is 5.64. The fourth-order valence-electron chi connectivity index (χ4n) is 2.03. The summed E-state index contributed by atoms with van der Waals surface area (Å²) in [5, 5.41) is 12.8. The minimum Gasteiger partial charge on any atom is -0.492 e. The van der Waals surface area contributed by atoms with E-state index >= 15 is 0 Å². The first-order valence-corrected chi connectivity index (χ1v) is 6.21. The molecule has 17 heavy (non-hydrogen) atoms. The highest BCUT2D eigenvalue weighted by molar-refractivity contribution is 6.31. The van der Waals surface area contributed by atoms with Crippen LogP contribution < -0.4 is 10.1 Å². The maximum absolute atomic E-state index is 8.99. The Hall–Kier alpha value is -1.24. The maximum atomic E-state index is 8.99. The highest BCUT2D eigenvalue weighted by Gasteiger charge is 2.14. The van der Waals surface area contributed by atoms with Crippen molar-refractivity contribution in [3.05, 3.63) is 28.8 Å². The van der Waals surface area contributed by atoms with E-state index < -0.39 is 0 Å². The van der Waals surface area contributed by atoms with Crippen LogP contribution in [0.1, 0.15) is 18.4 Å². The number of nitriles is 1. The summed E-state index contributed by atoms with van der Waals surface area (Å²) in [5.41, 5.74) is 0.429. The molecular formula is C13H15ClN2O. The van der Waals surface area contributed by atoms with E-state index in [9.17, 15) is 0 Å². The Kier molecular flexibility index (Phi) is 4.24. The molecule has 1 unspecified atom stereocenters. The Morgan fingerprint density at radius 1 is 1.53 bits per heavy atom. The molecular weight excluding hydrogens is 236 g/mol. The fraction of sp³-hybridized carbons (Fsp3) is 0.462. The first kappa shape index (κ1) is 12.2. The van der Waals surface area contributed by atoms with E-state index in [-0.39, 0.29) is 0 Å². The summed E-state index contributed by atoms with van der Waals surface area (Å²) in [4.78, 5) is 0. The summed E-state index contributed by atoms with van der Waals surface area (Å²) in [6, 6.07) is 7.37. The molecule has 0 aromatic heterocycles. The second kappa shape index (κ2) is 5.90. The van der Waals surface area contributed by atoms with Crippen molar-refractivity contribution in [2.45, 2.75) is 12.8 Å². The molecule has 0 bridgehead atoms. The smallest absolute Gasteiger partial charge is 0.138 e. The highest BCUT2D eigenvalue weighted by Crippen LogP contribution is 2.25. The SMILES string of the molecule is N#Cc1c(Cl)cccc1OCCC1CCNC1. The molecule has 1 aromatic rings. The van der Waals surface area contributed by atoms with Crippen LogP contribution in [-0.4, -0.2) is 19.7 Å². The van der Waals surface area contributed by atoms with Gasteiger partial charge in [0, 0.05) is 0 Å². The summed E-state index contributed by atoms with van der Waals surface area (Å²) in [7, 11) is 0. The van der Waals surface area contributed by atoms with E-state index in [2.05, 4.69) is 11.4 Å². The van der Waals surface area contributed by atoms with Crippen molar-refractivity contribution >= 4 is 11.6 Å². The predicted molar refractivity (Wildman–Crippen MR) is 67.3 cm³/mol. The van der Waals surface area contributed by atoms with Crippen LogP contribution in [0.4, 0.5) is 0 Å². The summed E-state index contributed by atoms with van der Waals surface area (Å²) in [6.07, 6.45) is 2.23. The zero-order chi connectivity index (χ0) is 12.1. The van der Waals surface area contributed by atoms with Crippen molar-refractivity contribution in [3.63, 3.8) is 0 Å². The van der Waals surface area contributed by atoms with E-state index in [4.69, 9.17) is 21.6 Å². The topological polar surface area (TPSA) is 45.0 Å². The van der Waals surface area contributed by atoms with Gasteiger partial charge in [0.05, 0.1) is 11.6 Å². The number of hydrogen-bond donors (Lipinski definition) is 1. The van der Waals surface area contributed by atoms with Gasteiger partial charge >= 0.3 is 0 Å². The van der Waals surface area contributed by atoms with Crippen LogP contribution in [0.5, 0.6) is 5.75 Å². The zero-order valence-electron chi connectivity index (χ0n) is 9.58. The van der Waals surface area contributed by atoms with Gasteiger partial charge in [-0.15, -0.1) is 0 Å².